The van der Waals surface area contributed by atoms with Crippen LogP contribution in [0.1, 0.15) is 13.3 Å². The van der Waals surface area contributed by atoms with Crippen LogP contribution in [0.15, 0.2) is 0 Å². The molecule has 5 nitrogen and oxygen atoms in total. The fourth-order valence-electron chi connectivity index (χ4n) is 0.465. The molecule has 0 aromatic heterocycles. The highest BCUT2D eigenvalue weighted by molar-refractivity contribution is 5.80. The average Bonchev–Trinajstić information content (AvgIpc) is 1.87. The summed E-state index contributed by atoms with van der Waals surface area (Å²) in [6.45, 7) is 1.79. The summed E-state index contributed by atoms with van der Waals surface area (Å²) >= 11 is 0. The Hall–Kier alpha value is -1.10. The van der Waals surface area contributed by atoms with Gasteiger partial charge in [-0.05, 0) is 6.92 Å². The topological polar surface area (TPSA) is 83.8 Å². The number of aliphatic hydroxyl groups is 1. The second-order valence-electron chi connectivity index (χ2n) is 1.86. The van der Waals surface area contributed by atoms with Crippen molar-refractivity contribution in [2.24, 2.45) is 0 Å². The maximum atomic E-state index is 10.5. The number of hydrogen-bond donors (Lipinski definition) is 2. The average molecular weight is 162 g/mol. The molecule has 0 radical (unpaired) electrons. The number of ether oxygens (including phenoxy) is 1. The molecule has 1 unspecified atom stereocenters. The van der Waals surface area contributed by atoms with Crippen LogP contribution in [-0.2, 0) is 14.3 Å². The molecule has 0 aromatic carbocycles. The summed E-state index contributed by atoms with van der Waals surface area (Å²) in [5.74, 6) is -2.12. The van der Waals surface area contributed by atoms with E-state index in [1.54, 1.807) is 6.92 Å². The van der Waals surface area contributed by atoms with Gasteiger partial charge in [-0.25, -0.2) is 4.79 Å². The van der Waals surface area contributed by atoms with Crippen molar-refractivity contribution < 1.29 is 24.5 Å². The predicted molar refractivity (Wildman–Crippen MR) is 34.9 cm³/mol. The number of aliphatic carboxylic acids is 1. The minimum atomic E-state index is -1.66. The number of carbonyl (C=O) groups is 2. The third-order valence-corrected chi connectivity index (χ3v) is 0.950. The maximum Gasteiger partial charge on any atom is 0.333 e. The number of carbonyl (C=O) groups excluding carboxylic acids is 1. The van der Waals surface area contributed by atoms with Gasteiger partial charge in [-0.15, -0.1) is 0 Å². The monoisotopic (exact) mass is 162 g/mol. The van der Waals surface area contributed by atoms with E-state index >= 15 is 0 Å². The van der Waals surface area contributed by atoms with Gasteiger partial charge in [0.05, 0.1) is 13.0 Å². The SMILES string of the molecule is CCOC(=O)CC(O)C(=O)O. The highest BCUT2D eigenvalue weighted by atomic mass is 16.5. The van der Waals surface area contributed by atoms with E-state index in [1.807, 2.05) is 0 Å². The number of aliphatic hydroxyl groups excluding tert-OH is 1. The lowest BCUT2D eigenvalue weighted by atomic mass is 10.2. The zero-order valence-corrected chi connectivity index (χ0v) is 6.11. The van der Waals surface area contributed by atoms with Gasteiger partial charge in [0.1, 0.15) is 0 Å². The third kappa shape index (κ3) is 4.32. The molecular weight excluding hydrogens is 152 g/mol. The van der Waals surface area contributed by atoms with Crippen LogP contribution in [0.5, 0.6) is 0 Å². The van der Waals surface area contributed by atoms with Gasteiger partial charge in [0.2, 0.25) is 0 Å². The van der Waals surface area contributed by atoms with E-state index in [0.29, 0.717) is 0 Å². The standard InChI is InChI=1S/C6H10O5/c1-2-11-5(8)3-4(7)6(9)10/h4,7H,2-3H2,1H3,(H,9,10). The Morgan fingerprint density at radius 3 is 2.45 bits per heavy atom. The number of rotatable bonds is 4. The smallest absolute Gasteiger partial charge is 0.333 e. The largest absolute Gasteiger partial charge is 0.479 e. The summed E-state index contributed by atoms with van der Waals surface area (Å²) in [7, 11) is 0. The number of carboxylic acid groups (broad SMARTS) is 1. The van der Waals surface area contributed by atoms with Crippen molar-refractivity contribution in [1.82, 2.24) is 0 Å². The molecule has 2 N–H and O–H groups in total. The molecule has 64 valence electrons. The molecule has 11 heavy (non-hydrogen) atoms. The van der Waals surface area contributed by atoms with Gasteiger partial charge in [-0.3, -0.25) is 4.79 Å². The van der Waals surface area contributed by atoms with Crippen LogP contribution < -0.4 is 0 Å². The van der Waals surface area contributed by atoms with E-state index < -0.39 is 24.5 Å². The van der Waals surface area contributed by atoms with Gasteiger partial charge in [-0.1, -0.05) is 0 Å². The van der Waals surface area contributed by atoms with E-state index in [9.17, 15) is 9.59 Å². The lowest BCUT2D eigenvalue weighted by Crippen LogP contribution is -2.24. The Bertz CT molecular complexity index is 153. The highest BCUT2D eigenvalue weighted by Crippen LogP contribution is 1.94. The van der Waals surface area contributed by atoms with Crippen molar-refractivity contribution in [3.05, 3.63) is 0 Å². The van der Waals surface area contributed by atoms with E-state index in [2.05, 4.69) is 4.74 Å². The van der Waals surface area contributed by atoms with E-state index in [4.69, 9.17) is 10.2 Å². The highest BCUT2D eigenvalue weighted by Gasteiger charge is 2.17. The minimum Gasteiger partial charge on any atom is -0.479 e. The number of esters is 1. The van der Waals surface area contributed by atoms with E-state index in [1.165, 1.54) is 0 Å². The molecule has 0 spiro atoms. The van der Waals surface area contributed by atoms with E-state index in [0.717, 1.165) is 0 Å². The number of hydrogen-bond acceptors (Lipinski definition) is 4. The molecule has 1 atom stereocenters. The quantitative estimate of drug-likeness (QED) is 0.538. The van der Waals surface area contributed by atoms with Crippen LogP contribution >= 0.6 is 0 Å². The molecule has 0 saturated carbocycles. The minimum absolute atomic E-state index is 0.186. The Morgan fingerprint density at radius 1 is 1.55 bits per heavy atom. The summed E-state index contributed by atoms with van der Waals surface area (Å²) in [6.07, 6.45) is -2.16. The molecule has 0 amide bonds. The normalized spacial score (nSPS) is 12.2. The van der Waals surface area contributed by atoms with Crippen molar-refractivity contribution in [1.29, 1.82) is 0 Å². The first-order chi connectivity index (χ1) is 5.07. The van der Waals surface area contributed by atoms with Gasteiger partial charge in [-0.2, -0.15) is 0 Å². The van der Waals surface area contributed by atoms with Gasteiger partial charge in [0.25, 0.3) is 0 Å². The zero-order chi connectivity index (χ0) is 8.85. The Kier molecular flexibility index (Phi) is 4.21. The third-order valence-electron chi connectivity index (χ3n) is 0.950. The second kappa shape index (κ2) is 4.68. The van der Waals surface area contributed by atoms with Gasteiger partial charge >= 0.3 is 11.9 Å². The van der Waals surface area contributed by atoms with Gasteiger partial charge in [0.15, 0.2) is 6.10 Å². The molecule has 0 saturated heterocycles. The summed E-state index contributed by atoms with van der Waals surface area (Å²) in [6, 6.07) is 0. The molecule has 0 aromatic rings. The summed E-state index contributed by atoms with van der Waals surface area (Å²) < 4.78 is 4.40. The van der Waals surface area contributed by atoms with Crippen LogP contribution in [0.2, 0.25) is 0 Å². The molecule has 0 rings (SSSR count). The fourth-order valence-corrected chi connectivity index (χ4v) is 0.465. The Morgan fingerprint density at radius 2 is 2.09 bits per heavy atom. The summed E-state index contributed by atoms with van der Waals surface area (Å²) in [4.78, 5) is 20.5. The van der Waals surface area contributed by atoms with Crippen molar-refractivity contribution >= 4 is 11.9 Å². The summed E-state index contributed by atoms with van der Waals surface area (Å²) in [5.41, 5.74) is 0. The van der Waals surface area contributed by atoms with Crippen LogP contribution in [0.4, 0.5) is 0 Å². The van der Waals surface area contributed by atoms with Crippen molar-refractivity contribution in [3.63, 3.8) is 0 Å². The lowest BCUT2D eigenvalue weighted by molar-refractivity contribution is -0.155. The van der Waals surface area contributed by atoms with Crippen molar-refractivity contribution in [2.45, 2.75) is 19.4 Å². The first-order valence-electron chi connectivity index (χ1n) is 3.14. The fraction of sp³-hybridized carbons (Fsp3) is 0.667. The second-order valence-corrected chi connectivity index (χ2v) is 1.86. The molecule has 0 bridgehead atoms. The molecule has 0 aliphatic rings. The molecule has 0 fully saturated rings. The first kappa shape index (κ1) is 9.90. The van der Waals surface area contributed by atoms with Crippen LogP contribution in [0.3, 0.4) is 0 Å². The maximum absolute atomic E-state index is 10.5. The molecule has 5 heteroatoms. The van der Waals surface area contributed by atoms with Crippen LogP contribution in [-0.4, -0.2) is 34.9 Å². The molecule has 0 aliphatic carbocycles. The Balaban J connectivity index is 3.66. The Labute approximate surface area is 63.6 Å². The van der Waals surface area contributed by atoms with E-state index in [-0.39, 0.29) is 6.61 Å². The summed E-state index contributed by atoms with van der Waals surface area (Å²) in [5, 5.41) is 16.8. The van der Waals surface area contributed by atoms with Gasteiger partial charge < -0.3 is 14.9 Å². The molecule has 0 aliphatic heterocycles. The lowest BCUT2D eigenvalue weighted by Gasteiger charge is -2.03. The molecule has 0 heterocycles. The van der Waals surface area contributed by atoms with Crippen LogP contribution in [0, 0.1) is 0 Å². The van der Waals surface area contributed by atoms with Gasteiger partial charge in [0, 0.05) is 0 Å². The van der Waals surface area contributed by atoms with Crippen LogP contribution in [0.25, 0.3) is 0 Å². The zero-order valence-electron chi connectivity index (χ0n) is 6.11. The first-order valence-corrected chi connectivity index (χ1v) is 3.14. The van der Waals surface area contributed by atoms with Crippen molar-refractivity contribution in [2.75, 3.05) is 6.61 Å². The van der Waals surface area contributed by atoms with Crippen molar-refractivity contribution in [3.8, 4) is 0 Å². The predicted octanol–water partition coefficient (Wildman–Crippen LogP) is -0.615. The molecular formula is C6H10O5. The number of carboxylic acids is 1.